The average molecular weight is 221 g/mol. The van der Waals surface area contributed by atoms with Crippen LogP contribution in [-0.4, -0.2) is 11.5 Å². The third-order valence-corrected chi connectivity index (χ3v) is 2.40. The van der Waals surface area contributed by atoms with Crippen LogP contribution in [0.4, 0.5) is 0 Å². The largest absolute Gasteiger partial charge is 0.445 e. The normalized spacial score (nSPS) is 11.4. The molecule has 1 heterocycles. The molecule has 16 heavy (non-hydrogen) atoms. The maximum atomic E-state index is 8.84. The fourth-order valence-electron chi connectivity index (χ4n) is 1.39. The molecule has 0 fully saturated rings. The highest BCUT2D eigenvalue weighted by Crippen LogP contribution is 2.19. The average Bonchev–Trinajstić information content (AvgIpc) is 2.64. The Hall–Kier alpha value is -1.34. The quantitative estimate of drug-likeness (QED) is 0.749. The van der Waals surface area contributed by atoms with Crippen molar-refractivity contribution in [2.45, 2.75) is 40.2 Å². The summed E-state index contributed by atoms with van der Waals surface area (Å²) in [6.45, 7) is 7.34. The van der Waals surface area contributed by atoms with Gasteiger partial charge in [-0.25, -0.2) is 4.98 Å². The van der Waals surface area contributed by atoms with Gasteiger partial charge in [-0.05, 0) is 40.2 Å². The van der Waals surface area contributed by atoms with E-state index < -0.39 is 0 Å². The Bertz CT molecular complexity index is 363. The lowest BCUT2D eigenvalue weighted by molar-refractivity contribution is 0.411. The molecule has 88 valence electrons. The van der Waals surface area contributed by atoms with Crippen molar-refractivity contribution >= 4 is 0 Å². The van der Waals surface area contributed by atoms with Gasteiger partial charge in [0.2, 0.25) is 5.89 Å². The van der Waals surface area contributed by atoms with Crippen LogP contribution in [0.15, 0.2) is 10.6 Å². The zero-order valence-corrected chi connectivity index (χ0v) is 10.2. The second-order valence-corrected chi connectivity index (χ2v) is 4.64. The summed E-state index contributed by atoms with van der Waals surface area (Å²) in [6, 6.07) is 2.29. The Balaban J connectivity index is 2.11. The fourth-order valence-corrected chi connectivity index (χ4v) is 1.39. The van der Waals surface area contributed by atoms with Gasteiger partial charge in [0.05, 0.1) is 24.2 Å². The lowest BCUT2D eigenvalue weighted by atomic mass is 9.90. The van der Waals surface area contributed by atoms with Gasteiger partial charge in [-0.15, -0.1) is 0 Å². The van der Waals surface area contributed by atoms with Crippen LogP contribution in [0.1, 0.15) is 38.3 Å². The van der Waals surface area contributed by atoms with Gasteiger partial charge in [0.1, 0.15) is 5.76 Å². The van der Waals surface area contributed by atoms with Crippen LogP contribution in [-0.2, 0) is 6.54 Å². The predicted molar refractivity (Wildman–Crippen MR) is 61.6 cm³/mol. The Morgan fingerprint density at radius 2 is 2.31 bits per heavy atom. The first kappa shape index (κ1) is 12.7. The second kappa shape index (κ2) is 5.66. The van der Waals surface area contributed by atoms with E-state index in [0.29, 0.717) is 6.54 Å². The number of nitrogens with zero attached hydrogens (tertiary/aromatic N) is 2. The summed E-state index contributed by atoms with van der Waals surface area (Å²) < 4.78 is 5.33. The van der Waals surface area contributed by atoms with Crippen LogP contribution < -0.4 is 5.32 Å². The SMILES string of the molecule is Cc1cnc(CNCCCC(C)(C)C#N)o1. The molecular formula is C12H19N3O. The van der Waals surface area contributed by atoms with Gasteiger partial charge in [-0.2, -0.15) is 5.26 Å². The van der Waals surface area contributed by atoms with Gasteiger partial charge in [0.15, 0.2) is 0 Å². The molecule has 4 heteroatoms. The standard InChI is InChI=1S/C12H19N3O/c1-10-7-15-11(16-10)8-14-6-4-5-12(2,3)9-13/h7,14H,4-6,8H2,1-3H3. The number of aromatic nitrogens is 1. The van der Waals surface area contributed by atoms with Crippen molar-refractivity contribution in [3.8, 4) is 6.07 Å². The lowest BCUT2D eigenvalue weighted by Crippen LogP contribution is -2.17. The second-order valence-electron chi connectivity index (χ2n) is 4.64. The number of nitrogens with one attached hydrogen (secondary N) is 1. The van der Waals surface area contributed by atoms with Crippen LogP contribution in [0, 0.1) is 23.7 Å². The molecule has 1 aromatic rings. The molecule has 0 unspecified atom stereocenters. The monoisotopic (exact) mass is 221 g/mol. The molecule has 1 rings (SSSR count). The molecule has 0 aromatic carbocycles. The summed E-state index contributed by atoms with van der Waals surface area (Å²) in [5.41, 5.74) is -0.221. The van der Waals surface area contributed by atoms with Crippen LogP contribution >= 0.6 is 0 Å². The molecule has 1 N–H and O–H groups in total. The van der Waals surface area contributed by atoms with E-state index in [-0.39, 0.29) is 5.41 Å². The summed E-state index contributed by atoms with van der Waals surface area (Å²) in [4.78, 5) is 4.10. The first-order valence-corrected chi connectivity index (χ1v) is 5.57. The minimum absolute atomic E-state index is 0.221. The number of aryl methyl sites for hydroxylation is 1. The van der Waals surface area contributed by atoms with Crippen LogP contribution in [0.2, 0.25) is 0 Å². The third-order valence-electron chi connectivity index (χ3n) is 2.40. The fraction of sp³-hybridized carbons (Fsp3) is 0.667. The molecular weight excluding hydrogens is 202 g/mol. The van der Waals surface area contributed by atoms with E-state index in [0.717, 1.165) is 31.0 Å². The van der Waals surface area contributed by atoms with Gasteiger partial charge in [-0.3, -0.25) is 0 Å². The van der Waals surface area contributed by atoms with Crippen molar-refractivity contribution in [1.29, 1.82) is 5.26 Å². The van der Waals surface area contributed by atoms with Crippen molar-refractivity contribution in [3.05, 3.63) is 17.8 Å². The molecule has 0 radical (unpaired) electrons. The molecule has 0 saturated heterocycles. The van der Waals surface area contributed by atoms with Crippen LogP contribution in [0.25, 0.3) is 0 Å². The van der Waals surface area contributed by atoms with Crippen molar-refractivity contribution < 1.29 is 4.42 Å². The summed E-state index contributed by atoms with van der Waals surface area (Å²) in [7, 11) is 0. The molecule has 0 atom stereocenters. The Morgan fingerprint density at radius 3 is 2.88 bits per heavy atom. The molecule has 0 saturated carbocycles. The van der Waals surface area contributed by atoms with E-state index in [1.54, 1.807) is 6.20 Å². The van der Waals surface area contributed by atoms with E-state index in [1.807, 2.05) is 20.8 Å². The predicted octanol–water partition coefficient (Wildman–Crippen LogP) is 2.40. The minimum atomic E-state index is -0.221. The highest BCUT2D eigenvalue weighted by atomic mass is 16.4. The van der Waals surface area contributed by atoms with E-state index in [9.17, 15) is 0 Å². The van der Waals surface area contributed by atoms with Gasteiger partial charge >= 0.3 is 0 Å². The van der Waals surface area contributed by atoms with Gasteiger partial charge in [0.25, 0.3) is 0 Å². The van der Waals surface area contributed by atoms with Crippen molar-refractivity contribution in [3.63, 3.8) is 0 Å². The van der Waals surface area contributed by atoms with E-state index in [2.05, 4.69) is 16.4 Å². The third kappa shape index (κ3) is 4.45. The first-order chi connectivity index (χ1) is 7.53. The molecule has 0 bridgehead atoms. The smallest absolute Gasteiger partial charge is 0.208 e. The van der Waals surface area contributed by atoms with E-state index in [1.165, 1.54) is 0 Å². The number of oxazole rings is 1. The summed E-state index contributed by atoms with van der Waals surface area (Å²) >= 11 is 0. The summed E-state index contributed by atoms with van der Waals surface area (Å²) in [5.74, 6) is 1.56. The number of rotatable bonds is 6. The van der Waals surface area contributed by atoms with Gasteiger partial charge < -0.3 is 9.73 Å². The van der Waals surface area contributed by atoms with Gasteiger partial charge in [0, 0.05) is 0 Å². The maximum Gasteiger partial charge on any atom is 0.208 e. The molecule has 0 amide bonds. The Labute approximate surface area is 96.7 Å². The topological polar surface area (TPSA) is 61.9 Å². The number of hydrogen-bond donors (Lipinski definition) is 1. The molecule has 1 aromatic heterocycles. The lowest BCUT2D eigenvalue weighted by Gasteiger charge is -2.14. The molecule has 0 spiro atoms. The zero-order chi connectivity index (χ0) is 12.0. The van der Waals surface area contributed by atoms with E-state index in [4.69, 9.17) is 9.68 Å². The Morgan fingerprint density at radius 1 is 1.56 bits per heavy atom. The number of hydrogen-bond acceptors (Lipinski definition) is 4. The summed E-state index contributed by atoms with van der Waals surface area (Å²) in [5, 5.41) is 12.1. The van der Waals surface area contributed by atoms with Crippen molar-refractivity contribution in [2.75, 3.05) is 6.54 Å². The van der Waals surface area contributed by atoms with Crippen molar-refractivity contribution in [1.82, 2.24) is 10.3 Å². The highest BCUT2D eigenvalue weighted by Gasteiger charge is 2.15. The maximum absolute atomic E-state index is 8.84. The zero-order valence-electron chi connectivity index (χ0n) is 10.2. The van der Waals surface area contributed by atoms with Crippen molar-refractivity contribution in [2.24, 2.45) is 5.41 Å². The molecule has 0 aliphatic rings. The minimum Gasteiger partial charge on any atom is -0.445 e. The number of nitriles is 1. The van der Waals surface area contributed by atoms with E-state index >= 15 is 0 Å². The molecule has 4 nitrogen and oxygen atoms in total. The highest BCUT2D eigenvalue weighted by molar-refractivity contribution is 4.92. The van der Waals surface area contributed by atoms with Crippen LogP contribution in [0.3, 0.4) is 0 Å². The van der Waals surface area contributed by atoms with Gasteiger partial charge in [-0.1, -0.05) is 0 Å². The Kier molecular flexibility index (Phi) is 4.51. The molecule has 0 aliphatic heterocycles. The summed E-state index contributed by atoms with van der Waals surface area (Å²) in [6.07, 6.45) is 3.61. The van der Waals surface area contributed by atoms with Crippen LogP contribution in [0.5, 0.6) is 0 Å². The first-order valence-electron chi connectivity index (χ1n) is 5.57. The molecule has 0 aliphatic carbocycles.